The van der Waals surface area contributed by atoms with Gasteiger partial charge in [-0.1, -0.05) is 45.8 Å². The molecular formula is C33H48F12O7. The summed E-state index contributed by atoms with van der Waals surface area (Å²) in [4.78, 5) is 24.8. The highest BCUT2D eigenvalue weighted by Crippen LogP contribution is 2.61. The maximum atomic E-state index is 14.8. The number of halogens is 12. The number of carbonyl (C=O) groups is 2. The summed E-state index contributed by atoms with van der Waals surface area (Å²) >= 11 is 0. The Bertz CT molecular complexity index is 1170. The third-order valence-corrected chi connectivity index (χ3v) is 8.58. The number of rotatable bonds is 26. The van der Waals surface area contributed by atoms with Crippen molar-refractivity contribution in [3.05, 3.63) is 24.3 Å². The molecule has 0 aromatic rings. The number of hydrogen-bond donors (Lipinski definition) is 2. The van der Waals surface area contributed by atoms with Crippen LogP contribution in [0.5, 0.6) is 0 Å². The average molecular weight is 785 g/mol. The molecule has 4 unspecified atom stereocenters. The monoisotopic (exact) mass is 784 g/mol. The molecule has 0 heterocycles. The Morgan fingerprint density at radius 2 is 1.08 bits per heavy atom. The van der Waals surface area contributed by atoms with Gasteiger partial charge in [0.15, 0.2) is 0 Å². The number of aliphatic hydroxyl groups is 2. The summed E-state index contributed by atoms with van der Waals surface area (Å²) in [6.07, 6.45) is -9.79. The quantitative estimate of drug-likeness (QED) is 0.0393. The van der Waals surface area contributed by atoms with E-state index in [0.29, 0.717) is 12.8 Å². The Hall–Kier alpha value is -2.54. The Morgan fingerprint density at radius 3 is 1.50 bits per heavy atom. The zero-order valence-corrected chi connectivity index (χ0v) is 29.6. The lowest BCUT2D eigenvalue weighted by molar-refractivity contribution is -0.426. The minimum absolute atomic E-state index is 0.177. The summed E-state index contributed by atoms with van der Waals surface area (Å²) in [5, 5.41) is 19.6. The molecule has 0 rings (SSSR count). The minimum Gasteiger partial charge on any atom is -0.462 e. The fourth-order valence-corrected chi connectivity index (χ4v) is 4.72. The first-order chi connectivity index (χ1) is 23.5. The van der Waals surface area contributed by atoms with Gasteiger partial charge in [0.25, 0.3) is 0 Å². The van der Waals surface area contributed by atoms with Crippen LogP contribution in [0.2, 0.25) is 0 Å². The average Bonchev–Trinajstić information content (AvgIpc) is 3.04. The lowest BCUT2D eigenvalue weighted by Gasteiger charge is -2.41. The van der Waals surface area contributed by atoms with Crippen LogP contribution in [0.15, 0.2) is 24.3 Å². The van der Waals surface area contributed by atoms with Crippen LogP contribution in [0, 0.1) is 11.8 Å². The summed E-state index contributed by atoms with van der Waals surface area (Å²) in [6.45, 7) is 10.2. The normalized spacial score (nSPS) is 16.4. The van der Waals surface area contributed by atoms with Crippen LogP contribution >= 0.6 is 0 Å². The maximum Gasteiger partial charge on any atom is 0.384 e. The van der Waals surface area contributed by atoms with Crippen molar-refractivity contribution in [2.75, 3.05) is 20.3 Å². The molecule has 0 aromatic carbocycles. The van der Waals surface area contributed by atoms with Crippen molar-refractivity contribution >= 4 is 11.9 Å². The van der Waals surface area contributed by atoms with Crippen LogP contribution in [0.4, 0.5) is 52.7 Å². The standard InChI is InChI=1S/C33H48F12O7/c1-8-9-10-11-12-14-28(34,35)30(38,39)32(42,43)33(44,45)31(40,41)29(36,37)15-13-24(18-52-27(49)20(3)23(6)50-7)17-51-26(48)19(2)16-25(21(4)46)22(5)47/h21-25,46-47H,2-3,8-18H2,1,4-7H3. The van der Waals surface area contributed by atoms with Crippen LogP contribution in [-0.2, 0) is 23.8 Å². The van der Waals surface area contributed by atoms with Crippen LogP contribution in [-0.4, -0.2) is 96.3 Å². The number of esters is 2. The molecule has 0 fully saturated rings. The number of unbranched alkanes of at least 4 members (excludes halogenated alkanes) is 4. The second-order valence-electron chi connectivity index (χ2n) is 12.8. The molecule has 4 atom stereocenters. The lowest BCUT2D eigenvalue weighted by atomic mass is 9.87. The topological polar surface area (TPSA) is 102 Å². The highest BCUT2D eigenvalue weighted by atomic mass is 19.4. The van der Waals surface area contributed by atoms with Gasteiger partial charge >= 0.3 is 47.5 Å². The summed E-state index contributed by atoms with van der Waals surface area (Å²) in [7, 11) is 1.16. The maximum absolute atomic E-state index is 14.8. The van der Waals surface area contributed by atoms with Gasteiger partial charge in [0.1, 0.15) is 0 Å². The van der Waals surface area contributed by atoms with Gasteiger partial charge in [0.05, 0.1) is 37.1 Å². The first kappa shape index (κ1) is 49.5. The highest BCUT2D eigenvalue weighted by Gasteiger charge is 2.89. The van der Waals surface area contributed by atoms with Crippen LogP contribution in [0.1, 0.15) is 85.5 Å². The number of carbonyl (C=O) groups excluding carboxylic acids is 2. The van der Waals surface area contributed by atoms with Crippen molar-refractivity contribution in [3.63, 3.8) is 0 Å². The molecule has 0 aliphatic rings. The molecule has 0 amide bonds. The second kappa shape index (κ2) is 19.7. The van der Waals surface area contributed by atoms with E-state index in [0.717, 1.165) is 7.11 Å². The van der Waals surface area contributed by atoms with E-state index in [1.165, 1.54) is 20.8 Å². The predicted octanol–water partition coefficient (Wildman–Crippen LogP) is 8.56. The van der Waals surface area contributed by atoms with Gasteiger partial charge in [-0.3, -0.25) is 0 Å². The number of alkyl halides is 12. The molecule has 7 nitrogen and oxygen atoms in total. The summed E-state index contributed by atoms with van der Waals surface area (Å²) < 4.78 is 188. The van der Waals surface area contributed by atoms with E-state index in [9.17, 15) is 72.5 Å². The van der Waals surface area contributed by atoms with Crippen LogP contribution in [0.3, 0.4) is 0 Å². The molecule has 0 aliphatic heterocycles. The molecule has 2 N–H and O–H groups in total. The summed E-state index contributed by atoms with van der Waals surface area (Å²) in [6, 6.07) is 0. The highest BCUT2D eigenvalue weighted by molar-refractivity contribution is 5.89. The minimum atomic E-state index is -7.75. The number of aliphatic hydroxyl groups excluding tert-OH is 2. The molecule has 0 spiro atoms. The van der Waals surface area contributed by atoms with Gasteiger partial charge in [-0.05, 0) is 40.0 Å². The molecule has 0 aromatic heterocycles. The number of hydrogen-bond acceptors (Lipinski definition) is 7. The number of ether oxygens (including phenoxy) is 3. The second-order valence-corrected chi connectivity index (χ2v) is 12.8. The SMILES string of the molecule is C=C(CC(C(C)O)C(C)O)C(=O)OCC(CCC(F)(F)C(F)(F)C(F)(F)C(F)(F)C(F)(F)C(F)(F)CCCCCCC)COC(=O)C(=C)C(C)OC. The Kier molecular flexibility index (Phi) is 18.7. The fourth-order valence-electron chi connectivity index (χ4n) is 4.72. The van der Waals surface area contributed by atoms with E-state index in [4.69, 9.17) is 14.2 Å². The summed E-state index contributed by atoms with van der Waals surface area (Å²) in [5.74, 6) is -47.6. The van der Waals surface area contributed by atoms with E-state index >= 15 is 0 Å². The van der Waals surface area contributed by atoms with Crippen molar-refractivity contribution in [2.24, 2.45) is 11.8 Å². The first-order valence-electron chi connectivity index (χ1n) is 16.4. The van der Waals surface area contributed by atoms with Crippen molar-refractivity contribution in [1.82, 2.24) is 0 Å². The lowest BCUT2D eigenvalue weighted by Crippen LogP contribution is -2.70. The summed E-state index contributed by atoms with van der Waals surface area (Å²) in [5.41, 5.74) is -0.756. The van der Waals surface area contributed by atoms with Crippen molar-refractivity contribution in [3.8, 4) is 0 Å². The van der Waals surface area contributed by atoms with E-state index in [-0.39, 0.29) is 24.8 Å². The molecule has 0 bridgehead atoms. The molecule has 52 heavy (non-hydrogen) atoms. The van der Waals surface area contributed by atoms with E-state index < -0.39 is 122 Å². The van der Waals surface area contributed by atoms with Gasteiger partial charge in [-0.15, -0.1) is 0 Å². The molecule has 0 radical (unpaired) electrons. The third-order valence-electron chi connectivity index (χ3n) is 8.58. The Morgan fingerprint density at radius 1 is 0.654 bits per heavy atom. The van der Waals surface area contributed by atoms with Crippen molar-refractivity contribution in [1.29, 1.82) is 0 Å². The zero-order valence-electron chi connectivity index (χ0n) is 29.6. The Labute approximate surface area is 294 Å². The predicted molar refractivity (Wildman–Crippen MR) is 164 cm³/mol. The van der Waals surface area contributed by atoms with Crippen molar-refractivity contribution in [2.45, 2.75) is 139 Å². The van der Waals surface area contributed by atoms with Gasteiger partial charge in [-0.25, -0.2) is 9.59 Å². The van der Waals surface area contributed by atoms with Gasteiger partial charge in [0, 0.05) is 37.4 Å². The van der Waals surface area contributed by atoms with Crippen LogP contribution < -0.4 is 0 Å². The van der Waals surface area contributed by atoms with Gasteiger partial charge in [-0.2, -0.15) is 52.7 Å². The smallest absolute Gasteiger partial charge is 0.384 e. The molecular weight excluding hydrogens is 736 g/mol. The third kappa shape index (κ3) is 12.0. The first-order valence-corrected chi connectivity index (χ1v) is 16.4. The number of methoxy groups -OCH3 is 1. The molecule has 19 heteroatoms. The van der Waals surface area contributed by atoms with Gasteiger partial charge < -0.3 is 24.4 Å². The molecule has 0 aliphatic carbocycles. The molecule has 0 saturated carbocycles. The van der Waals surface area contributed by atoms with E-state index in [2.05, 4.69) is 13.2 Å². The van der Waals surface area contributed by atoms with E-state index in [1.807, 2.05) is 0 Å². The van der Waals surface area contributed by atoms with Crippen LogP contribution in [0.25, 0.3) is 0 Å². The molecule has 0 saturated heterocycles. The fraction of sp³-hybridized carbons (Fsp3) is 0.818. The van der Waals surface area contributed by atoms with E-state index in [1.54, 1.807) is 6.92 Å². The van der Waals surface area contributed by atoms with Crippen molar-refractivity contribution < 1.29 is 86.7 Å². The van der Waals surface area contributed by atoms with Gasteiger partial charge in [0.2, 0.25) is 0 Å². The zero-order chi connectivity index (χ0) is 41.1. The Balaban J connectivity index is 6.23. The molecule has 306 valence electrons. The largest absolute Gasteiger partial charge is 0.462 e.